The third-order valence-electron chi connectivity index (χ3n) is 7.97. The van der Waals surface area contributed by atoms with Crippen molar-refractivity contribution in [1.82, 2.24) is 10.2 Å². The van der Waals surface area contributed by atoms with E-state index in [1.165, 1.54) is 31.3 Å². The number of carbonyl (C=O) groups excluding carboxylic acids is 2. The molecule has 3 aromatic carbocycles. The minimum Gasteiger partial charge on any atom is -0.497 e. The molecule has 0 saturated heterocycles. The van der Waals surface area contributed by atoms with Gasteiger partial charge in [-0.3, -0.25) is 13.9 Å². The molecule has 0 spiro atoms. The maximum atomic E-state index is 14.3. The number of sulfonamides is 1. The number of para-hydroxylation sites is 2. The SMILES string of the molecule is CCC(C(=O)NC1CCCC1)N(Cc1ccccc1C)C(=O)CN(c1ccccc1OC)S(=O)(=O)c1ccc(OC)cc1. The second-order valence-corrected chi connectivity index (χ2v) is 12.6. The molecule has 1 unspecified atom stereocenters. The fraction of sp³-hybridized carbons (Fsp3) is 0.394. The third-order valence-corrected chi connectivity index (χ3v) is 9.74. The molecule has 1 aliphatic carbocycles. The minimum atomic E-state index is -4.24. The van der Waals surface area contributed by atoms with E-state index in [-0.39, 0.29) is 29.1 Å². The summed E-state index contributed by atoms with van der Waals surface area (Å²) in [4.78, 5) is 29.5. The number of ether oxygens (including phenoxy) is 2. The van der Waals surface area contributed by atoms with Crippen LogP contribution in [0, 0.1) is 6.92 Å². The van der Waals surface area contributed by atoms with Crippen molar-refractivity contribution in [1.29, 1.82) is 0 Å². The first-order valence-corrected chi connectivity index (χ1v) is 16.1. The van der Waals surface area contributed by atoms with Crippen molar-refractivity contribution in [3.8, 4) is 11.5 Å². The molecule has 1 aliphatic rings. The quantitative estimate of drug-likeness (QED) is 0.291. The molecule has 1 saturated carbocycles. The third kappa shape index (κ3) is 7.48. The van der Waals surface area contributed by atoms with Crippen molar-refractivity contribution in [3.63, 3.8) is 0 Å². The molecule has 3 aromatic rings. The number of carbonyl (C=O) groups is 2. The molecule has 10 heteroatoms. The molecule has 0 aromatic heterocycles. The van der Waals surface area contributed by atoms with Crippen molar-refractivity contribution in [2.45, 2.75) is 69.5 Å². The van der Waals surface area contributed by atoms with E-state index in [0.29, 0.717) is 17.9 Å². The summed E-state index contributed by atoms with van der Waals surface area (Å²) in [6, 6.07) is 19.6. The molecule has 1 atom stereocenters. The first-order valence-electron chi connectivity index (χ1n) is 14.6. The lowest BCUT2D eigenvalue weighted by molar-refractivity contribution is -0.140. The molecule has 0 radical (unpaired) electrons. The number of nitrogens with zero attached hydrogens (tertiary/aromatic N) is 2. The summed E-state index contributed by atoms with van der Waals surface area (Å²) in [7, 11) is -1.30. The van der Waals surface area contributed by atoms with Gasteiger partial charge in [0.25, 0.3) is 10.0 Å². The highest BCUT2D eigenvalue weighted by atomic mass is 32.2. The van der Waals surface area contributed by atoms with Gasteiger partial charge in [-0.05, 0) is 73.7 Å². The Hall–Kier alpha value is -4.05. The largest absolute Gasteiger partial charge is 0.497 e. The summed E-state index contributed by atoms with van der Waals surface area (Å²) >= 11 is 0. The van der Waals surface area contributed by atoms with Crippen LogP contribution in [0.25, 0.3) is 0 Å². The Morgan fingerprint density at radius 2 is 1.58 bits per heavy atom. The predicted octanol–water partition coefficient (Wildman–Crippen LogP) is 5.07. The summed E-state index contributed by atoms with van der Waals surface area (Å²) in [5.74, 6) is 0.0732. The van der Waals surface area contributed by atoms with Gasteiger partial charge < -0.3 is 19.7 Å². The van der Waals surface area contributed by atoms with Crippen molar-refractivity contribution in [2.75, 3.05) is 25.1 Å². The Kier molecular flexibility index (Phi) is 10.7. The number of hydrogen-bond donors (Lipinski definition) is 1. The number of hydrogen-bond acceptors (Lipinski definition) is 6. The summed E-state index contributed by atoms with van der Waals surface area (Å²) in [6.07, 6.45) is 4.32. The van der Waals surface area contributed by atoms with Gasteiger partial charge in [0.15, 0.2) is 0 Å². The zero-order chi connectivity index (χ0) is 31.0. The van der Waals surface area contributed by atoms with Gasteiger partial charge in [0.05, 0.1) is 24.8 Å². The highest BCUT2D eigenvalue weighted by molar-refractivity contribution is 7.92. The molecular weight excluding hydrogens is 566 g/mol. The molecule has 0 aliphatic heterocycles. The van der Waals surface area contributed by atoms with Crippen LogP contribution >= 0.6 is 0 Å². The van der Waals surface area contributed by atoms with Crippen LogP contribution < -0.4 is 19.1 Å². The Labute approximate surface area is 254 Å². The Bertz CT molecular complexity index is 1500. The Morgan fingerprint density at radius 1 is 0.930 bits per heavy atom. The second kappa shape index (κ2) is 14.4. The average Bonchev–Trinajstić information content (AvgIpc) is 3.53. The van der Waals surface area contributed by atoms with E-state index in [9.17, 15) is 18.0 Å². The average molecular weight is 608 g/mol. The van der Waals surface area contributed by atoms with Crippen LogP contribution in [0.3, 0.4) is 0 Å². The number of nitrogens with one attached hydrogen (secondary N) is 1. The van der Waals surface area contributed by atoms with E-state index in [0.717, 1.165) is 41.1 Å². The fourth-order valence-corrected chi connectivity index (χ4v) is 6.91. The molecule has 43 heavy (non-hydrogen) atoms. The number of benzene rings is 3. The van der Waals surface area contributed by atoms with Crippen LogP contribution in [0.15, 0.2) is 77.7 Å². The van der Waals surface area contributed by atoms with E-state index in [2.05, 4.69) is 5.32 Å². The van der Waals surface area contributed by atoms with Crippen LogP contribution in [-0.2, 0) is 26.2 Å². The van der Waals surface area contributed by atoms with Gasteiger partial charge in [0.1, 0.15) is 24.1 Å². The lowest BCUT2D eigenvalue weighted by Gasteiger charge is -2.34. The number of aryl methyl sites for hydroxylation is 1. The van der Waals surface area contributed by atoms with Gasteiger partial charge >= 0.3 is 0 Å². The molecule has 1 N–H and O–H groups in total. The number of amides is 2. The number of anilines is 1. The smallest absolute Gasteiger partial charge is 0.264 e. The lowest BCUT2D eigenvalue weighted by Crippen LogP contribution is -2.53. The summed E-state index contributed by atoms with van der Waals surface area (Å²) in [5, 5.41) is 3.14. The molecule has 0 bridgehead atoms. The van der Waals surface area contributed by atoms with E-state index in [1.54, 1.807) is 36.4 Å². The Balaban J connectivity index is 1.75. The molecule has 0 heterocycles. The summed E-state index contributed by atoms with van der Waals surface area (Å²) in [5.41, 5.74) is 2.07. The van der Waals surface area contributed by atoms with Gasteiger partial charge in [0.2, 0.25) is 11.8 Å². The van der Waals surface area contributed by atoms with E-state index < -0.39 is 28.5 Å². The molecular formula is C33H41N3O6S. The van der Waals surface area contributed by atoms with Crippen molar-refractivity contribution in [3.05, 3.63) is 83.9 Å². The van der Waals surface area contributed by atoms with Gasteiger partial charge in [-0.25, -0.2) is 8.42 Å². The standard InChI is InChI=1S/C33H41N3O6S/c1-5-29(33(38)34-26-14-8-9-15-26)35(22-25-13-7-6-12-24(25)2)32(37)23-36(30-16-10-11-17-31(30)42-4)43(39,40)28-20-18-27(41-3)19-21-28/h6-7,10-13,16-21,26,29H,5,8-9,14-15,22-23H2,1-4H3,(H,34,38). The van der Waals surface area contributed by atoms with E-state index in [1.807, 2.05) is 38.1 Å². The number of methoxy groups -OCH3 is 2. The van der Waals surface area contributed by atoms with Crippen molar-refractivity contribution in [2.24, 2.45) is 0 Å². The zero-order valence-electron chi connectivity index (χ0n) is 25.3. The first kappa shape index (κ1) is 31.9. The first-order chi connectivity index (χ1) is 20.7. The maximum Gasteiger partial charge on any atom is 0.264 e. The van der Waals surface area contributed by atoms with Gasteiger partial charge in [-0.1, -0.05) is 56.2 Å². The van der Waals surface area contributed by atoms with Crippen molar-refractivity contribution < 1.29 is 27.5 Å². The van der Waals surface area contributed by atoms with Crippen molar-refractivity contribution >= 4 is 27.5 Å². The monoisotopic (exact) mass is 607 g/mol. The predicted molar refractivity (Wildman–Crippen MR) is 167 cm³/mol. The summed E-state index contributed by atoms with van der Waals surface area (Å²) in [6.45, 7) is 3.44. The minimum absolute atomic E-state index is 0.0107. The number of rotatable bonds is 13. The topological polar surface area (TPSA) is 105 Å². The van der Waals surface area contributed by atoms with Gasteiger partial charge in [0, 0.05) is 12.6 Å². The van der Waals surface area contributed by atoms with Crippen LogP contribution in [0.1, 0.15) is 50.2 Å². The maximum absolute atomic E-state index is 14.3. The van der Waals surface area contributed by atoms with Crippen LogP contribution in [0.2, 0.25) is 0 Å². The van der Waals surface area contributed by atoms with Crippen LogP contribution in [0.4, 0.5) is 5.69 Å². The Morgan fingerprint density at radius 3 is 2.21 bits per heavy atom. The lowest BCUT2D eigenvalue weighted by atomic mass is 10.1. The molecule has 1 fully saturated rings. The molecule has 2 amide bonds. The van der Waals surface area contributed by atoms with E-state index in [4.69, 9.17) is 9.47 Å². The highest BCUT2D eigenvalue weighted by Crippen LogP contribution is 2.33. The molecule has 4 rings (SSSR count). The van der Waals surface area contributed by atoms with Crippen LogP contribution in [-0.4, -0.2) is 58.0 Å². The van der Waals surface area contributed by atoms with Crippen LogP contribution in [0.5, 0.6) is 11.5 Å². The second-order valence-electron chi connectivity index (χ2n) is 10.7. The van der Waals surface area contributed by atoms with Gasteiger partial charge in [-0.2, -0.15) is 0 Å². The normalized spacial score (nSPS) is 14.1. The zero-order valence-corrected chi connectivity index (χ0v) is 26.1. The molecule has 230 valence electrons. The summed E-state index contributed by atoms with van der Waals surface area (Å²) < 4.78 is 40.1. The fourth-order valence-electron chi connectivity index (χ4n) is 5.48. The highest BCUT2D eigenvalue weighted by Gasteiger charge is 2.35. The molecule has 9 nitrogen and oxygen atoms in total. The van der Waals surface area contributed by atoms with Gasteiger partial charge in [-0.15, -0.1) is 0 Å². The van der Waals surface area contributed by atoms with E-state index >= 15 is 0 Å².